The van der Waals surface area contributed by atoms with E-state index >= 15 is 0 Å². The first-order chi connectivity index (χ1) is 6.62. The highest BCUT2D eigenvalue weighted by Gasteiger charge is 2.34. The zero-order chi connectivity index (χ0) is 10.6. The van der Waals surface area contributed by atoms with E-state index in [9.17, 15) is 0 Å². The summed E-state index contributed by atoms with van der Waals surface area (Å²) in [4.78, 5) is 0. The lowest BCUT2D eigenvalue weighted by molar-refractivity contribution is 0.170. The molecule has 1 rings (SSSR count). The third kappa shape index (κ3) is 2.96. The molecule has 2 atom stereocenters. The third-order valence-corrected chi connectivity index (χ3v) is 3.51. The zero-order valence-electron chi connectivity index (χ0n) is 9.97. The molecule has 1 aliphatic carbocycles. The van der Waals surface area contributed by atoms with Gasteiger partial charge in [-0.15, -0.1) is 0 Å². The van der Waals surface area contributed by atoms with Gasteiger partial charge in [0.15, 0.2) is 0 Å². The summed E-state index contributed by atoms with van der Waals surface area (Å²) in [6.07, 6.45) is 6.59. The molecule has 1 saturated carbocycles. The SMILES string of the molecule is CCC1CCCC(CN)(NC(C)C)C1. The molecule has 0 saturated heterocycles. The Morgan fingerprint density at radius 3 is 2.71 bits per heavy atom. The first-order valence-corrected chi connectivity index (χ1v) is 6.09. The van der Waals surface area contributed by atoms with Gasteiger partial charge in [-0.05, 0) is 18.8 Å². The van der Waals surface area contributed by atoms with Gasteiger partial charge in [0.1, 0.15) is 0 Å². The molecule has 14 heavy (non-hydrogen) atoms. The third-order valence-electron chi connectivity index (χ3n) is 3.51. The molecule has 0 spiro atoms. The van der Waals surface area contributed by atoms with Crippen molar-refractivity contribution in [1.82, 2.24) is 5.32 Å². The van der Waals surface area contributed by atoms with Crippen LogP contribution in [0, 0.1) is 5.92 Å². The summed E-state index contributed by atoms with van der Waals surface area (Å²) >= 11 is 0. The molecule has 0 aliphatic heterocycles. The average Bonchev–Trinajstić information content (AvgIpc) is 2.17. The predicted octanol–water partition coefficient (Wildman–Crippen LogP) is 2.28. The highest BCUT2D eigenvalue weighted by Crippen LogP contribution is 2.33. The van der Waals surface area contributed by atoms with Crippen molar-refractivity contribution in [1.29, 1.82) is 0 Å². The van der Waals surface area contributed by atoms with Crippen molar-refractivity contribution in [2.45, 2.75) is 64.5 Å². The monoisotopic (exact) mass is 198 g/mol. The fourth-order valence-electron chi connectivity index (χ4n) is 2.82. The van der Waals surface area contributed by atoms with Crippen LogP contribution in [-0.4, -0.2) is 18.1 Å². The van der Waals surface area contributed by atoms with Crippen molar-refractivity contribution in [2.24, 2.45) is 11.7 Å². The Labute approximate surface area is 88.6 Å². The fourth-order valence-corrected chi connectivity index (χ4v) is 2.82. The summed E-state index contributed by atoms with van der Waals surface area (Å²) in [7, 11) is 0. The zero-order valence-corrected chi connectivity index (χ0v) is 9.97. The van der Waals surface area contributed by atoms with Gasteiger partial charge in [-0.1, -0.05) is 40.0 Å². The summed E-state index contributed by atoms with van der Waals surface area (Å²) in [6, 6.07) is 0.550. The number of hydrogen-bond donors (Lipinski definition) is 2. The Balaban J connectivity index is 2.58. The van der Waals surface area contributed by atoms with Crippen molar-refractivity contribution >= 4 is 0 Å². The van der Waals surface area contributed by atoms with Crippen LogP contribution in [0.1, 0.15) is 52.9 Å². The van der Waals surface area contributed by atoms with Crippen molar-refractivity contribution in [3.8, 4) is 0 Å². The highest BCUT2D eigenvalue weighted by molar-refractivity contribution is 4.95. The second kappa shape index (κ2) is 5.13. The normalized spacial score (nSPS) is 33.6. The molecule has 0 aromatic rings. The molecule has 0 heterocycles. The van der Waals surface area contributed by atoms with Gasteiger partial charge >= 0.3 is 0 Å². The van der Waals surface area contributed by atoms with Gasteiger partial charge in [0.2, 0.25) is 0 Å². The van der Waals surface area contributed by atoms with Crippen LogP contribution < -0.4 is 11.1 Å². The van der Waals surface area contributed by atoms with Gasteiger partial charge in [0.25, 0.3) is 0 Å². The Morgan fingerprint density at radius 1 is 1.50 bits per heavy atom. The Kier molecular flexibility index (Phi) is 4.39. The first kappa shape index (κ1) is 12.0. The van der Waals surface area contributed by atoms with Crippen LogP contribution in [-0.2, 0) is 0 Å². The van der Waals surface area contributed by atoms with Crippen molar-refractivity contribution in [3.05, 3.63) is 0 Å². The molecule has 1 fully saturated rings. The van der Waals surface area contributed by atoms with E-state index in [1.165, 1.54) is 32.1 Å². The molecule has 1 aliphatic rings. The lowest BCUT2D eigenvalue weighted by Gasteiger charge is -2.42. The lowest BCUT2D eigenvalue weighted by Crippen LogP contribution is -2.56. The first-order valence-electron chi connectivity index (χ1n) is 6.09. The van der Waals surface area contributed by atoms with Gasteiger partial charge in [0, 0.05) is 18.1 Å². The molecule has 0 amide bonds. The van der Waals surface area contributed by atoms with Crippen LogP contribution >= 0.6 is 0 Å². The van der Waals surface area contributed by atoms with E-state index in [2.05, 4.69) is 26.1 Å². The van der Waals surface area contributed by atoms with E-state index in [0.717, 1.165) is 12.5 Å². The maximum atomic E-state index is 5.94. The average molecular weight is 198 g/mol. The fraction of sp³-hybridized carbons (Fsp3) is 1.00. The van der Waals surface area contributed by atoms with Crippen molar-refractivity contribution in [3.63, 3.8) is 0 Å². The highest BCUT2D eigenvalue weighted by atomic mass is 15.0. The van der Waals surface area contributed by atoms with E-state index < -0.39 is 0 Å². The van der Waals surface area contributed by atoms with Crippen molar-refractivity contribution in [2.75, 3.05) is 6.54 Å². The summed E-state index contributed by atoms with van der Waals surface area (Å²) in [5.41, 5.74) is 6.18. The van der Waals surface area contributed by atoms with E-state index in [0.29, 0.717) is 6.04 Å². The van der Waals surface area contributed by atoms with E-state index in [1.54, 1.807) is 0 Å². The quantitative estimate of drug-likeness (QED) is 0.727. The van der Waals surface area contributed by atoms with E-state index in [4.69, 9.17) is 5.73 Å². The van der Waals surface area contributed by atoms with Gasteiger partial charge in [-0.2, -0.15) is 0 Å². The topological polar surface area (TPSA) is 38.0 Å². The van der Waals surface area contributed by atoms with Crippen molar-refractivity contribution < 1.29 is 0 Å². The molecule has 2 heteroatoms. The molecular formula is C12H26N2. The number of rotatable bonds is 4. The molecule has 84 valence electrons. The maximum absolute atomic E-state index is 5.94. The Bertz CT molecular complexity index is 168. The second-order valence-electron chi connectivity index (χ2n) is 5.15. The van der Waals surface area contributed by atoms with E-state index in [-0.39, 0.29) is 5.54 Å². The smallest absolute Gasteiger partial charge is 0.0308 e. The molecule has 3 N–H and O–H groups in total. The molecule has 0 aromatic heterocycles. The number of nitrogens with two attached hydrogens (primary N) is 1. The predicted molar refractivity (Wildman–Crippen MR) is 62.3 cm³/mol. The largest absolute Gasteiger partial charge is 0.329 e. The minimum absolute atomic E-state index is 0.243. The maximum Gasteiger partial charge on any atom is 0.0308 e. The minimum atomic E-state index is 0.243. The summed E-state index contributed by atoms with van der Waals surface area (Å²) in [5, 5.41) is 3.68. The van der Waals surface area contributed by atoms with Gasteiger partial charge < -0.3 is 11.1 Å². The standard InChI is InChI=1S/C12H26N2/c1-4-11-6-5-7-12(8-11,9-13)14-10(2)3/h10-11,14H,4-9,13H2,1-3H3. The van der Waals surface area contributed by atoms with E-state index in [1.807, 2.05) is 0 Å². The van der Waals surface area contributed by atoms with Crippen LogP contribution in [0.5, 0.6) is 0 Å². The second-order valence-corrected chi connectivity index (χ2v) is 5.15. The summed E-state index contributed by atoms with van der Waals surface area (Å²) in [6.45, 7) is 7.52. The Morgan fingerprint density at radius 2 is 2.21 bits per heavy atom. The molecule has 0 aromatic carbocycles. The number of hydrogen-bond acceptors (Lipinski definition) is 2. The molecule has 2 unspecified atom stereocenters. The molecule has 0 radical (unpaired) electrons. The van der Waals surface area contributed by atoms with Crippen LogP contribution in [0.15, 0.2) is 0 Å². The lowest BCUT2D eigenvalue weighted by atomic mass is 9.74. The van der Waals surface area contributed by atoms with Gasteiger partial charge in [0.05, 0.1) is 0 Å². The van der Waals surface area contributed by atoms with Gasteiger partial charge in [-0.25, -0.2) is 0 Å². The molecular weight excluding hydrogens is 172 g/mol. The van der Waals surface area contributed by atoms with Gasteiger partial charge in [-0.3, -0.25) is 0 Å². The minimum Gasteiger partial charge on any atom is -0.329 e. The van der Waals surface area contributed by atoms with Crippen LogP contribution in [0.4, 0.5) is 0 Å². The Hall–Kier alpha value is -0.0800. The van der Waals surface area contributed by atoms with Crippen LogP contribution in [0.3, 0.4) is 0 Å². The molecule has 2 nitrogen and oxygen atoms in total. The summed E-state index contributed by atoms with van der Waals surface area (Å²) < 4.78 is 0. The number of nitrogens with one attached hydrogen (secondary N) is 1. The molecule has 0 bridgehead atoms. The summed E-state index contributed by atoms with van der Waals surface area (Å²) in [5.74, 6) is 0.888. The van der Waals surface area contributed by atoms with Crippen LogP contribution in [0.2, 0.25) is 0 Å². The van der Waals surface area contributed by atoms with Crippen LogP contribution in [0.25, 0.3) is 0 Å².